The van der Waals surface area contributed by atoms with Crippen molar-refractivity contribution >= 4 is 11.3 Å². The van der Waals surface area contributed by atoms with Crippen LogP contribution in [-0.2, 0) is 6.42 Å². The molecule has 0 aromatic carbocycles. The van der Waals surface area contributed by atoms with Crippen molar-refractivity contribution in [3.63, 3.8) is 0 Å². The molecule has 1 unspecified atom stereocenters. The molecule has 0 spiro atoms. The van der Waals surface area contributed by atoms with E-state index in [0.29, 0.717) is 6.04 Å². The van der Waals surface area contributed by atoms with E-state index in [1.165, 1.54) is 30.6 Å². The topological polar surface area (TPSA) is 12.0 Å². The minimum Gasteiger partial charge on any atom is -0.316 e. The fourth-order valence-electron chi connectivity index (χ4n) is 1.99. The fraction of sp³-hybridized carbons (Fsp3) is 0.636. The van der Waals surface area contributed by atoms with Crippen LogP contribution in [0.4, 0.5) is 0 Å². The normalized spacial score (nSPS) is 19.8. The largest absolute Gasteiger partial charge is 0.316 e. The molecule has 0 bridgehead atoms. The Hall–Kier alpha value is -0.340. The van der Waals surface area contributed by atoms with Crippen LogP contribution in [0.2, 0.25) is 0 Å². The zero-order chi connectivity index (χ0) is 9.10. The van der Waals surface area contributed by atoms with Gasteiger partial charge in [-0.1, -0.05) is 12.5 Å². The quantitative estimate of drug-likeness (QED) is 0.779. The molecular weight excluding hydrogens is 178 g/mol. The van der Waals surface area contributed by atoms with Crippen molar-refractivity contribution < 1.29 is 0 Å². The highest BCUT2D eigenvalue weighted by Crippen LogP contribution is 2.31. The molecule has 1 aromatic heterocycles. The smallest absolute Gasteiger partial charge is 0.0141 e. The maximum absolute atomic E-state index is 3.45. The van der Waals surface area contributed by atoms with Crippen molar-refractivity contribution in [2.75, 3.05) is 7.05 Å². The Labute approximate surface area is 84.2 Å². The molecule has 1 atom stereocenters. The summed E-state index contributed by atoms with van der Waals surface area (Å²) in [6.07, 6.45) is 5.51. The summed E-state index contributed by atoms with van der Waals surface area (Å²) in [4.78, 5) is 1.52. The van der Waals surface area contributed by atoms with Gasteiger partial charge in [-0.2, -0.15) is 0 Å². The van der Waals surface area contributed by atoms with Crippen LogP contribution < -0.4 is 5.32 Å². The SMILES string of the molecule is CNC(Cc1cccs1)C1CCC1. The van der Waals surface area contributed by atoms with Gasteiger partial charge in [0.25, 0.3) is 0 Å². The van der Waals surface area contributed by atoms with Gasteiger partial charge in [-0.05, 0) is 43.7 Å². The number of hydrogen-bond acceptors (Lipinski definition) is 2. The van der Waals surface area contributed by atoms with E-state index < -0.39 is 0 Å². The number of nitrogens with one attached hydrogen (secondary N) is 1. The molecule has 1 heterocycles. The second-order valence-corrected chi connectivity index (χ2v) is 4.90. The van der Waals surface area contributed by atoms with Gasteiger partial charge in [0.15, 0.2) is 0 Å². The van der Waals surface area contributed by atoms with E-state index >= 15 is 0 Å². The van der Waals surface area contributed by atoms with Crippen LogP contribution in [0, 0.1) is 5.92 Å². The van der Waals surface area contributed by atoms with Crippen molar-refractivity contribution in [2.24, 2.45) is 5.92 Å². The lowest BCUT2D eigenvalue weighted by Crippen LogP contribution is -2.38. The zero-order valence-electron chi connectivity index (χ0n) is 8.12. The third-order valence-electron chi connectivity index (χ3n) is 3.09. The Morgan fingerprint density at radius 2 is 2.46 bits per heavy atom. The maximum Gasteiger partial charge on any atom is 0.0141 e. The van der Waals surface area contributed by atoms with Gasteiger partial charge in [0.1, 0.15) is 0 Å². The molecule has 13 heavy (non-hydrogen) atoms. The van der Waals surface area contributed by atoms with Crippen molar-refractivity contribution in [2.45, 2.75) is 31.7 Å². The molecule has 1 N–H and O–H groups in total. The van der Waals surface area contributed by atoms with Crippen LogP contribution in [0.1, 0.15) is 24.1 Å². The van der Waals surface area contributed by atoms with Gasteiger partial charge >= 0.3 is 0 Å². The molecule has 1 aliphatic rings. The summed E-state index contributed by atoms with van der Waals surface area (Å²) in [6, 6.07) is 5.11. The van der Waals surface area contributed by atoms with Gasteiger partial charge in [-0.25, -0.2) is 0 Å². The van der Waals surface area contributed by atoms with Crippen LogP contribution >= 0.6 is 11.3 Å². The third kappa shape index (κ3) is 2.12. The Morgan fingerprint density at radius 3 is 2.92 bits per heavy atom. The highest BCUT2D eigenvalue weighted by Gasteiger charge is 2.26. The van der Waals surface area contributed by atoms with E-state index in [1.807, 2.05) is 11.3 Å². The molecule has 1 nitrogen and oxygen atoms in total. The Kier molecular flexibility index (Phi) is 3.01. The molecule has 0 radical (unpaired) electrons. The average molecular weight is 195 g/mol. The van der Waals surface area contributed by atoms with E-state index in [9.17, 15) is 0 Å². The molecule has 2 rings (SSSR count). The van der Waals surface area contributed by atoms with E-state index in [1.54, 1.807) is 0 Å². The Morgan fingerprint density at radius 1 is 1.62 bits per heavy atom. The molecule has 1 aliphatic carbocycles. The summed E-state index contributed by atoms with van der Waals surface area (Å²) >= 11 is 1.88. The summed E-state index contributed by atoms with van der Waals surface area (Å²) < 4.78 is 0. The Bertz CT molecular complexity index is 239. The molecule has 1 saturated carbocycles. The van der Waals surface area contributed by atoms with E-state index in [4.69, 9.17) is 0 Å². The third-order valence-corrected chi connectivity index (χ3v) is 3.99. The van der Waals surface area contributed by atoms with E-state index in [2.05, 4.69) is 29.9 Å². The first-order valence-electron chi connectivity index (χ1n) is 5.10. The fourth-order valence-corrected chi connectivity index (χ4v) is 2.76. The lowest BCUT2D eigenvalue weighted by atomic mass is 9.78. The summed E-state index contributed by atoms with van der Waals surface area (Å²) in [5.74, 6) is 0.937. The molecule has 1 aromatic rings. The van der Waals surface area contributed by atoms with E-state index in [-0.39, 0.29) is 0 Å². The van der Waals surface area contributed by atoms with Gasteiger partial charge < -0.3 is 5.32 Å². The molecule has 0 aliphatic heterocycles. The van der Waals surface area contributed by atoms with Crippen LogP contribution in [0.25, 0.3) is 0 Å². The lowest BCUT2D eigenvalue weighted by molar-refractivity contribution is 0.236. The number of rotatable bonds is 4. The maximum atomic E-state index is 3.45. The molecule has 1 fully saturated rings. The molecule has 72 valence electrons. The van der Waals surface area contributed by atoms with Crippen molar-refractivity contribution in [1.29, 1.82) is 0 Å². The molecule has 2 heteroatoms. The minimum absolute atomic E-state index is 0.715. The van der Waals surface area contributed by atoms with Crippen LogP contribution in [0.5, 0.6) is 0 Å². The zero-order valence-corrected chi connectivity index (χ0v) is 8.94. The van der Waals surface area contributed by atoms with Gasteiger partial charge in [0.2, 0.25) is 0 Å². The second-order valence-electron chi connectivity index (χ2n) is 3.87. The van der Waals surface area contributed by atoms with Gasteiger partial charge in [-0.3, -0.25) is 0 Å². The lowest BCUT2D eigenvalue weighted by Gasteiger charge is -2.33. The van der Waals surface area contributed by atoms with Crippen LogP contribution in [-0.4, -0.2) is 13.1 Å². The molecular formula is C11H17NS. The van der Waals surface area contributed by atoms with Crippen LogP contribution in [0.15, 0.2) is 17.5 Å². The number of likely N-dealkylation sites (N-methyl/N-ethyl adjacent to an activating group) is 1. The first-order chi connectivity index (χ1) is 6.40. The van der Waals surface area contributed by atoms with Crippen LogP contribution in [0.3, 0.4) is 0 Å². The number of thiophene rings is 1. The van der Waals surface area contributed by atoms with E-state index in [0.717, 1.165) is 5.92 Å². The predicted octanol–water partition coefficient (Wildman–Crippen LogP) is 2.68. The standard InChI is InChI=1S/C11H17NS/c1-12-11(9-4-2-5-9)8-10-6-3-7-13-10/h3,6-7,9,11-12H,2,4-5,8H2,1H3. The van der Waals surface area contributed by atoms with Gasteiger partial charge in [0.05, 0.1) is 0 Å². The first-order valence-corrected chi connectivity index (χ1v) is 5.98. The highest BCUT2D eigenvalue weighted by atomic mass is 32.1. The van der Waals surface area contributed by atoms with Gasteiger partial charge in [0, 0.05) is 10.9 Å². The van der Waals surface area contributed by atoms with Gasteiger partial charge in [-0.15, -0.1) is 11.3 Å². The minimum atomic E-state index is 0.715. The average Bonchev–Trinajstić information content (AvgIpc) is 2.52. The predicted molar refractivity (Wildman–Crippen MR) is 58.2 cm³/mol. The summed E-state index contributed by atoms with van der Waals surface area (Å²) in [7, 11) is 2.09. The summed E-state index contributed by atoms with van der Waals surface area (Å²) in [5.41, 5.74) is 0. The summed E-state index contributed by atoms with van der Waals surface area (Å²) in [6.45, 7) is 0. The van der Waals surface area contributed by atoms with Crippen molar-refractivity contribution in [1.82, 2.24) is 5.32 Å². The van der Waals surface area contributed by atoms with Crippen molar-refractivity contribution in [3.05, 3.63) is 22.4 Å². The highest BCUT2D eigenvalue weighted by molar-refractivity contribution is 7.09. The molecule has 0 saturated heterocycles. The summed E-state index contributed by atoms with van der Waals surface area (Å²) in [5, 5.41) is 5.62. The first kappa shape index (κ1) is 9.22. The monoisotopic (exact) mass is 195 g/mol. The van der Waals surface area contributed by atoms with Crippen molar-refractivity contribution in [3.8, 4) is 0 Å². The number of hydrogen-bond donors (Lipinski definition) is 1. The molecule has 0 amide bonds. The Balaban J connectivity index is 1.90. The second kappa shape index (κ2) is 4.25.